The number of ether oxygens (including phenoxy) is 1. The Balaban J connectivity index is 2.81. The number of carbonyl (C=O) groups is 2. The quantitative estimate of drug-likeness (QED) is 0.771. The normalized spacial score (nSPS) is 10.4. The minimum Gasteiger partial charge on any atom is -0.461 e. The molecule has 0 unspecified atom stereocenters. The third-order valence-corrected chi connectivity index (χ3v) is 3.09. The lowest BCUT2D eigenvalue weighted by Gasteiger charge is -2.19. The van der Waals surface area contributed by atoms with Crippen LogP contribution in [-0.4, -0.2) is 41.5 Å². The fourth-order valence-corrected chi connectivity index (χ4v) is 1.76. The lowest BCUT2D eigenvalue weighted by Crippen LogP contribution is -2.33. The monoisotopic (exact) mass is 256 g/mol. The summed E-state index contributed by atoms with van der Waals surface area (Å²) in [5.74, 6) is -0.671. The van der Waals surface area contributed by atoms with Crippen LogP contribution in [0.3, 0.4) is 0 Å². The van der Waals surface area contributed by atoms with Gasteiger partial charge in [-0.2, -0.15) is 0 Å². The molecule has 1 heterocycles. The van der Waals surface area contributed by atoms with E-state index in [-0.39, 0.29) is 22.7 Å². The molecular weight excluding hydrogens is 240 g/mol. The van der Waals surface area contributed by atoms with Crippen molar-refractivity contribution in [2.75, 3.05) is 13.7 Å². The van der Waals surface area contributed by atoms with Gasteiger partial charge < -0.3 is 9.64 Å². The number of thiazole rings is 1. The fraction of sp³-hybridized carbons (Fsp3) is 0.545. The van der Waals surface area contributed by atoms with Gasteiger partial charge in [0.2, 0.25) is 5.01 Å². The lowest BCUT2D eigenvalue weighted by atomic mass is 10.3. The molecule has 0 aliphatic carbocycles. The summed E-state index contributed by atoms with van der Waals surface area (Å²) in [5.41, 5.74) is 0.286. The summed E-state index contributed by atoms with van der Waals surface area (Å²) in [4.78, 5) is 28.8. The minimum atomic E-state index is -0.483. The van der Waals surface area contributed by atoms with Gasteiger partial charge >= 0.3 is 5.97 Å². The van der Waals surface area contributed by atoms with E-state index in [9.17, 15) is 9.59 Å². The van der Waals surface area contributed by atoms with Gasteiger partial charge in [0.25, 0.3) is 5.91 Å². The van der Waals surface area contributed by atoms with Gasteiger partial charge in [-0.15, -0.1) is 11.3 Å². The molecule has 0 spiro atoms. The van der Waals surface area contributed by atoms with Crippen molar-refractivity contribution in [3.8, 4) is 0 Å². The zero-order valence-corrected chi connectivity index (χ0v) is 11.2. The van der Waals surface area contributed by atoms with Crippen LogP contribution in [-0.2, 0) is 4.74 Å². The molecule has 0 saturated carbocycles. The highest BCUT2D eigenvalue weighted by Gasteiger charge is 2.20. The molecule has 17 heavy (non-hydrogen) atoms. The molecule has 0 aliphatic rings. The van der Waals surface area contributed by atoms with Crippen molar-refractivity contribution in [2.24, 2.45) is 0 Å². The predicted molar refractivity (Wildman–Crippen MR) is 65.3 cm³/mol. The Labute approximate surface area is 104 Å². The summed E-state index contributed by atoms with van der Waals surface area (Å²) in [6.45, 7) is 5.85. The van der Waals surface area contributed by atoms with Crippen LogP contribution >= 0.6 is 11.3 Å². The summed E-state index contributed by atoms with van der Waals surface area (Å²) in [7, 11) is 1.70. The highest BCUT2D eigenvalue weighted by Crippen LogP contribution is 2.13. The number of amides is 1. The molecule has 0 N–H and O–H groups in total. The van der Waals surface area contributed by atoms with Gasteiger partial charge in [0.15, 0.2) is 0 Å². The fourth-order valence-electron chi connectivity index (χ4n) is 1.07. The summed E-state index contributed by atoms with van der Waals surface area (Å²) in [6, 6.07) is 0.0928. The third kappa shape index (κ3) is 3.26. The van der Waals surface area contributed by atoms with Crippen LogP contribution < -0.4 is 0 Å². The van der Waals surface area contributed by atoms with E-state index in [1.165, 1.54) is 0 Å². The molecule has 5 nitrogen and oxygen atoms in total. The van der Waals surface area contributed by atoms with E-state index in [1.807, 2.05) is 13.8 Å². The van der Waals surface area contributed by atoms with Crippen molar-refractivity contribution in [2.45, 2.75) is 26.8 Å². The maximum atomic E-state index is 11.9. The molecule has 1 rings (SSSR count). The van der Waals surface area contributed by atoms with E-state index in [1.54, 1.807) is 24.3 Å². The molecule has 0 aliphatic heterocycles. The van der Waals surface area contributed by atoms with E-state index in [4.69, 9.17) is 4.74 Å². The zero-order valence-electron chi connectivity index (χ0n) is 10.4. The SMILES string of the molecule is CCOC(=O)c1nc(C(=O)N(C)C(C)C)cs1. The first-order chi connectivity index (χ1) is 7.97. The lowest BCUT2D eigenvalue weighted by molar-refractivity contribution is 0.0526. The Morgan fingerprint density at radius 3 is 2.71 bits per heavy atom. The van der Waals surface area contributed by atoms with Gasteiger partial charge in [-0.05, 0) is 20.8 Å². The largest absolute Gasteiger partial charge is 0.461 e. The van der Waals surface area contributed by atoms with E-state index in [0.717, 1.165) is 11.3 Å². The molecule has 0 bridgehead atoms. The first kappa shape index (κ1) is 13.6. The summed E-state index contributed by atoms with van der Waals surface area (Å²) >= 11 is 1.12. The predicted octanol–water partition coefficient (Wildman–Crippen LogP) is 1.80. The van der Waals surface area contributed by atoms with Crippen molar-refractivity contribution in [1.82, 2.24) is 9.88 Å². The highest BCUT2D eigenvalue weighted by atomic mass is 32.1. The molecule has 0 radical (unpaired) electrons. The molecule has 6 heteroatoms. The number of hydrogen-bond acceptors (Lipinski definition) is 5. The maximum absolute atomic E-state index is 11.9. The average Bonchev–Trinajstić information content (AvgIpc) is 2.76. The van der Waals surface area contributed by atoms with Gasteiger partial charge in [-0.3, -0.25) is 4.79 Å². The topological polar surface area (TPSA) is 59.5 Å². The summed E-state index contributed by atoms with van der Waals surface area (Å²) < 4.78 is 4.81. The second-order valence-electron chi connectivity index (χ2n) is 3.77. The number of carbonyl (C=O) groups excluding carboxylic acids is 2. The third-order valence-electron chi connectivity index (χ3n) is 2.27. The van der Waals surface area contributed by atoms with Crippen LogP contribution in [0, 0.1) is 0 Å². The molecule has 0 aromatic carbocycles. The molecule has 1 aromatic rings. The van der Waals surface area contributed by atoms with Crippen LogP contribution in [0.25, 0.3) is 0 Å². The van der Waals surface area contributed by atoms with Crippen molar-refractivity contribution >= 4 is 23.2 Å². The number of rotatable bonds is 4. The Bertz CT molecular complexity index is 415. The Kier molecular flexibility index (Phi) is 4.62. The second-order valence-corrected chi connectivity index (χ2v) is 4.63. The standard InChI is InChI=1S/C11H16N2O3S/c1-5-16-11(15)9-12-8(6-17-9)10(14)13(4)7(2)3/h6-7H,5H2,1-4H3. The first-order valence-electron chi connectivity index (χ1n) is 5.37. The number of esters is 1. The molecule has 94 valence electrons. The van der Waals surface area contributed by atoms with Crippen LogP contribution in [0.2, 0.25) is 0 Å². The van der Waals surface area contributed by atoms with E-state index in [2.05, 4.69) is 4.98 Å². The number of hydrogen-bond donors (Lipinski definition) is 0. The number of aromatic nitrogens is 1. The number of nitrogens with zero attached hydrogens (tertiary/aromatic N) is 2. The van der Waals surface area contributed by atoms with Crippen molar-refractivity contribution in [3.05, 3.63) is 16.1 Å². The van der Waals surface area contributed by atoms with E-state index >= 15 is 0 Å². The molecule has 1 aromatic heterocycles. The van der Waals surface area contributed by atoms with Gasteiger partial charge in [0.05, 0.1) is 6.61 Å². The van der Waals surface area contributed by atoms with Gasteiger partial charge in [-0.1, -0.05) is 0 Å². The van der Waals surface area contributed by atoms with Crippen LogP contribution in [0.15, 0.2) is 5.38 Å². The van der Waals surface area contributed by atoms with Gasteiger partial charge in [0.1, 0.15) is 5.69 Å². The zero-order chi connectivity index (χ0) is 13.0. The maximum Gasteiger partial charge on any atom is 0.367 e. The van der Waals surface area contributed by atoms with E-state index < -0.39 is 5.97 Å². The Morgan fingerprint density at radius 2 is 2.18 bits per heavy atom. The molecule has 0 atom stereocenters. The van der Waals surface area contributed by atoms with Crippen molar-refractivity contribution < 1.29 is 14.3 Å². The highest BCUT2D eigenvalue weighted by molar-refractivity contribution is 7.11. The van der Waals surface area contributed by atoms with Crippen LogP contribution in [0.1, 0.15) is 41.1 Å². The van der Waals surface area contributed by atoms with Crippen LogP contribution in [0.5, 0.6) is 0 Å². The Hall–Kier alpha value is -1.43. The smallest absolute Gasteiger partial charge is 0.367 e. The first-order valence-corrected chi connectivity index (χ1v) is 6.25. The van der Waals surface area contributed by atoms with Gasteiger partial charge in [0, 0.05) is 18.5 Å². The van der Waals surface area contributed by atoms with Crippen molar-refractivity contribution in [1.29, 1.82) is 0 Å². The second kappa shape index (κ2) is 5.77. The van der Waals surface area contributed by atoms with Crippen molar-refractivity contribution in [3.63, 3.8) is 0 Å². The molecule has 0 fully saturated rings. The minimum absolute atomic E-state index is 0.0928. The summed E-state index contributed by atoms with van der Waals surface area (Å²) in [6.07, 6.45) is 0. The molecule has 0 saturated heterocycles. The average molecular weight is 256 g/mol. The van der Waals surface area contributed by atoms with Gasteiger partial charge in [-0.25, -0.2) is 9.78 Å². The van der Waals surface area contributed by atoms with Crippen LogP contribution in [0.4, 0.5) is 0 Å². The molecule has 1 amide bonds. The summed E-state index contributed by atoms with van der Waals surface area (Å²) in [5, 5.41) is 1.79. The Morgan fingerprint density at radius 1 is 1.53 bits per heavy atom. The molecular formula is C11H16N2O3S. The van der Waals surface area contributed by atoms with E-state index in [0.29, 0.717) is 6.61 Å².